The second-order valence-corrected chi connectivity index (χ2v) is 3.44. The Kier molecular flexibility index (Phi) is 3.37. The highest BCUT2D eigenvalue weighted by Crippen LogP contribution is 2.27. The molecule has 0 saturated heterocycles. The number of anilines is 1. The SMILES string of the molecule is Nc1cc(CO)nc(C(F)F)c1I. The molecule has 0 aliphatic rings. The smallest absolute Gasteiger partial charge is 0.281 e. The van der Waals surface area contributed by atoms with E-state index in [0.717, 1.165) is 0 Å². The fourth-order valence-corrected chi connectivity index (χ4v) is 1.36. The van der Waals surface area contributed by atoms with Crippen LogP contribution in [-0.4, -0.2) is 10.1 Å². The molecule has 0 aliphatic carbocycles. The lowest BCUT2D eigenvalue weighted by atomic mass is 10.2. The van der Waals surface area contributed by atoms with E-state index in [0.29, 0.717) is 0 Å². The zero-order valence-electron chi connectivity index (χ0n) is 6.47. The number of aliphatic hydroxyl groups is 1. The van der Waals surface area contributed by atoms with Gasteiger partial charge in [-0.1, -0.05) is 0 Å². The Morgan fingerprint density at radius 1 is 1.62 bits per heavy atom. The average Bonchev–Trinajstić information content (AvgIpc) is 2.09. The molecule has 72 valence electrons. The van der Waals surface area contributed by atoms with Crippen LogP contribution < -0.4 is 5.73 Å². The summed E-state index contributed by atoms with van der Waals surface area (Å²) < 4.78 is 24.9. The molecule has 0 fully saturated rings. The molecule has 1 rings (SSSR count). The molecule has 0 spiro atoms. The predicted octanol–water partition coefficient (Wildman–Crippen LogP) is 1.70. The highest BCUT2D eigenvalue weighted by molar-refractivity contribution is 14.1. The third kappa shape index (κ3) is 2.25. The van der Waals surface area contributed by atoms with Gasteiger partial charge in [-0.05, 0) is 28.7 Å². The molecule has 0 bridgehead atoms. The standard InChI is InChI=1S/C7H7F2IN2O/c8-7(9)6-5(10)4(11)1-3(2-13)12-6/h1,7,13H,2H2,(H2,11,12). The summed E-state index contributed by atoms with van der Waals surface area (Å²) in [7, 11) is 0. The average molecular weight is 300 g/mol. The number of pyridine rings is 1. The first-order chi connectivity index (χ1) is 6.06. The van der Waals surface area contributed by atoms with E-state index in [1.165, 1.54) is 6.07 Å². The van der Waals surface area contributed by atoms with Crippen LogP contribution in [-0.2, 0) is 6.61 Å². The Morgan fingerprint density at radius 3 is 2.69 bits per heavy atom. The maximum atomic E-state index is 12.3. The number of halogens is 3. The number of aromatic nitrogens is 1. The maximum absolute atomic E-state index is 12.3. The number of hydrogen-bond donors (Lipinski definition) is 2. The van der Waals surface area contributed by atoms with Gasteiger partial charge in [-0.25, -0.2) is 13.8 Å². The molecule has 0 radical (unpaired) electrons. The van der Waals surface area contributed by atoms with E-state index in [1.807, 2.05) is 0 Å². The van der Waals surface area contributed by atoms with Crippen LogP contribution in [0, 0.1) is 3.57 Å². The Morgan fingerprint density at radius 2 is 2.23 bits per heavy atom. The van der Waals surface area contributed by atoms with Crippen LogP contribution in [0.2, 0.25) is 0 Å². The van der Waals surface area contributed by atoms with Gasteiger partial charge in [0, 0.05) is 5.69 Å². The third-order valence-corrected chi connectivity index (χ3v) is 2.61. The van der Waals surface area contributed by atoms with Gasteiger partial charge in [0.1, 0.15) is 5.69 Å². The quantitative estimate of drug-likeness (QED) is 0.817. The van der Waals surface area contributed by atoms with Crippen LogP contribution in [0.5, 0.6) is 0 Å². The van der Waals surface area contributed by atoms with Crippen molar-refractivity contribution in [2.45, 2.75) is 13.0 Å². The highest BCUT2D eigenvalue weighted by atomic mass is 127. The molecule has 0 atom stereocenters. The van der Waals surface area contributed by atoms with E-state index in [-0.39, 0.29) is 27.3 Å². The van der Waals surface area contributed by atoms with Gasteiger partial charge < -0.3 is 10.8 Å². The number of alkyl halides is 2. The lowest BCUT2D eigenvalue weighted by Gasteiger charge is -2.07. The van der Waals surface area contributed by atoms with Crippen molar-refractivity contribution in [3.8, 4) is 0 Å². The Labute approximate surface area is 87.1 Å². The van der Waals surface area contributed by atoms with E-state index in [2.05, 4.69) is 4.98 Å². The molecule has 3 N–H and O–H groups in total. The third-order valence-electron chi connectivity index (χ3n) is 1.43. The molecule has 0 saturated carbocycles. The van der Waals surface area contributed by atoms with Crippen molar-refractivity contribution in [1.82, 2.24) is 4.98 Å². The Bertz CT molecular complexity index is 320. The number of nitrogen functional groups attached to an aromatic ring is 1. The van der Waals surface area contributed by atoms with E-state index >= 15 is 0 Å². The number of aliphatic hydroxyl groups excluding tert-OH is 1. The van der Waals surface area contributed by atoms with Gasteiger partial charge in [-0.15, -0.1) is 0 Å². The summed E-state index contributed by atoms with van der Waals surface area (Å²) in [5, 5.41) is 8.69. The molecule has 13 heavy (non-hydrogen) atoms. The maximum Gasteiger partial charge on any atom is 0.281 e. The molecular formula is C7H7F2IN2O. The number of rotatable bonds is 2. The molecular weight excluding hydrogens is 293 g/mol. The molecule has 0 amide bonds. The molecule has 6 heteroatoms. The van der Waals surface area contributed by atoms with Crippen molar-refractivity contribution in [3.05, 3.63) is 21.0 Å². The van der Waals surface area contributed by atoms with Crippen LogP contribution in [0.3, 0.4) is 0 Å². The van der Waals surface area contributed by atoms with Gasteiger partial charge in [0.15, 0.2) is 0 Å². The summed E-state index contributed by atoms with van der Waals surface area (Å²) in [4.78, 5) is 3.56. The van der Waals surface area contributed by atoms with Gasteiger partial charge in [-0.3, -0.25) is 0 Å². The summed E-state index contributed by atoms with van der Waals surface area (Å²) in [6.07, 6.45) is -2.67. The molecule has 1 heterocycles. The van der Waals surface area contributed by atoms with Crippen molar-refractivity contribution in [2.75, 3.05) is 5.73 Å². The normalized spacial score (nSPS) is 10.8. The lowest BCUT2D eigenvalue weighted by Crippen LogP contribution is -2.03. The minimum atomic E-state index is -2.67. The van der Waals surface area contributed by atoms with Gasteiger partial charge >= 0.3 is 0 Å². The summed E-state index contributed by atoms with van der Waals surface area (Å²) >= 11 is 1.70. The molecule has 0 aliphatic heterocycles. The highest BCUT2D eigenvalue weighted by Gasteiger charge is 2.16. The number of nitrogens with two attached hydrogens (primary N) is 1. The van der Waals surface area contributed by atoms with E-state index in [9.17, 15) is 8.78 Å². The first kappa shape index (κ1) is 10.6. The summed E-state index contributed by atoms with van der Waals surface area (Å²) in [5.41, 5.74) is 5.45. The van der Waals surface area contributed by atoms with Crippen molar-refractivity contribution < 1.29 is 13.9 Å². The monoisotopic (exact) mass is 300 g/mol. The number of hydrogen-bond acceptors (Lipinski definition) is 3. The van der Waals surface area contributed by atoms with E-state index in [1.54, 1.807) is 22.6 Å². The molecule has 3 nitrogen and oxygen atoms in total. The number of nitrogens with zero attached hydrogens (tertiary/aromatic N) is 1. The molecule has 1 aromatic rings. The minimum absolute atomic E-state index is 0.160. The van der Waals surface area contributed by atoms with Crippen molar-refractivity contribution in [1.29, 1.82) is 0 Å². The van der Waals surface area contributed by atoms with Crippen LogP contribution in [0.15, 0.2) is 6.07 Å². The zero-order valence-corrected chi connectivity index (χ0v) is 8.62. The summed E-state index contributed by atoms with van der Waals surface area (Å²) in [6, 6.07) is 1.38. The van der Waals surface area contributed by atoms with Gasteiger partial charge in [0.2, 0.25) is 0 Å². The fourth-order valence-electron chi connectivity index (χ4n) is 0.852. The second-order valence-electron chi connectivity index (χ2n) is 2.36. The van der Waals surface area contributed by atoms with Crippen LogP contribution in [0.25, 0.3) is 0 Å². The van der Waals surface area contributed by atoms with Crippen molar-refractivity contribution in [3.63, 3.8) is 0 Å². The Balaban J connectivity index is 3.25. The van der Waals surface area contributed by atoms with Gasteiger partial charge in [0.05, 0.1) is 15.9 Å². The van der Waals surface area contributed by atoms with E-state index in [4.69, 9.17) is 10.8 Å². The minimum Gasteiger partial charge on any atom is -0.398 e. The molecule has 0 unspecified atom stereocenters. The molecule has 0 aromatic carbocycles. The second kappa shape index (κ2) is 4.14. The van der Waals surface area contributed by atoms with Gasteiger partial charge in [0.25, 0.3) is 6.43 Å². The van der Waals surface area contributed by atoms with Gasteiger partial charge in [-0.2, -0.15) is 0 Å². The van der Waals surface area contributed by atoms with Crippen LogP contribution in [0.4, 0.5) is 14.5 Å². The molecule has 1 aromatic heterocycles. The first-order valence-corrected chi connectivity index (χ1v) is 4.48. The summed E-state index contributed by atoms with van der Waals surface area (Å²) in [5.74, 6) is 0. The topological polar surface area (TPSA) is 59.1 Å². The van der Waals surface area contributed by atoms with Crippen molar-refractivity contribution in [2.24, 2.45) is 0 Å². The van der Waals surface area contributed by atoms with E-state index < -0.39 is 6.43 Å². The Hall–Kier alpha value is -0.500. The summed E-state index contributed by atoms with van der Waals surface area (Å²) in [6.45, 7) is -0.388. The lowest BCUT2D eigenvalue weighted by molar-refractivity contribution is 0.144. The fraction of sp³-hybridized carbons (Fsp3) is 0.286. The van der Waals surface area contributed by atoms with Crippen LogP contribution >= 0.6 is 22.6 Å². The predicted molar refractivity (Wildman–Crippen MR) is 52.2 cm³/mol. The first-order valence-electron chi connectivity index (χ1n) is 3.40. The van der Waals surface area contributed by atoms with Crippen LogP contribution in [0.1, 0.15) is 17.8 Å². The van der Waals surface area contributed by atoms with Crippen molar-refractivity contribution >= 4 is 28.3 Å². The largest absolute Gasteiger partial charge is 0.398 e. The zero-order chi connectivity index (χ0) is 10.0.